The summed E-state index contributed by atoms with van der Waals surface area (Å²) in [5, 5.41) is 0.498. The summed E-state index contributed by atoms with van der Waals surface area (Å²) in [6.07, 6.45) is 2.64. The summed E-state index contributed by atoms with van der Waals surface area (Å²) in [5.41, 5.74) is 0. The molecule has 7 nitrogen and oxygen atoms in total. The summed E-state index contributed by atoms with van der Waals surface area (Å²) in [5.74, 6) is -0.895. The first-order chi connectivity index (χ1) is 10.6. The van der Waals surface area contributed by atoms with Crippen molar-refractivity contribution in [3.63, 3.8) is 0 Å². The predicted molar refractivity (Wildman–Crippen MR) is 77.9 cm³/mol. The Morgan fingerprint density at radius 1 is 1.45 bits per heavy atom. The van der Waals surface area contributed by atoms with Gasteiger partial charge in [0.15, 0.2) is 0 Å². The fourth-order valence-corrected chi connectivity index (χ4v) is 2.70. The van der Waals surface area contributed by atoms with Crippen LogP contribution in [0.25, 0.3) is 0 Å². The minimum atomic E-state index is -0.597. The van der Waals surface area contributed by atoms with E-state index in [1.165, 1.54) is 35.1 Å². The molecule has 1 amide bonds. The number of amides is 1. The second kappa shape index (κ2) is 7.69. The van der Waals surface area contributed by atoms with Crippen LogP contribution in [-0.2, 0) is 19.1 Å². The molecule has 0 saturated carbocycles. The molecule has 1 aliphatic heterocycles. The lowest BCUT2D eigenvalue weighted by molar-refractivity contribution is -0.137. The van der Waals surface area contributed by atoms with E-state index in [-0.39, 0.29) is 37.2 Å². The molecule has 1 aliphatic rings. The highest BCUT2D eigenvalue weighted by molar-refractivity contribution is 8.04. The van der Waals surface area contributed by atoms with Crippen LogP contribution < -0.4 is 0 Å². The van der Waals surface area contributed by atoms with Crippen LogP contribution in [0.2, 0.25) is 0 Å². The minimum absolute atomic E-state index is 0.00595. The molecule has 0 bridgehead atoms. The Labute approximate surface area is 131 Å². The van der Waals surface area contributed by atoms with Gasteiger partial charge in [-0.2, -0.15) is 0 Å². The number of rotatable bonds is 6. The van der Waals surface area contributed by atoms with Gasteiger partial charge in [0, 0.05) is 0 Å². The number of nitrogens with zero attached hydrogens (tertiary/aromatic N) is 1. The Hall–Kier alpha value is -2.22. The molecular weight excluding hydrogens is 310 g/mol. The molecule has 2 rings (SSSR count). The Kier molecular flexibility index (Phi) is 5.65. The number of ether oxygens (including phenoxy) is 2. The third-order valence-corrected chi connectivity index (χ3v) is 3.73. The van der Waals surface area contributed by atoms with Crippen LogP contribution in [0.1, 0.15) is 17.5 Å². The van der Waals surface area contributed by atoms with Crippen LogP contribution in [-0.4, -0.2) is 48.3 Å². The molecule has 8 heteroatoms. The number of carbonyl (C=O) groups is 3. The van der Waals surface area contributed by atoms with Gasteiger partial charge in [0.05, 0.1) is 36.3 Å². The smallest absolute Gasteiger partial charge is 0.374 e. The van der Waals surface area contributed by atoms with Crippen molar-refractivity contribution < 1.29 is 28.3 Å². The maximum atomic E-state index is 11.8. The summed E-state index contributed by atoms with van der Waals surface area (Å²) >= 11 is 1.25. The molecule has 2 heterocycles. The van der Waals surface area contributed by atoms with Crippen molar-refractivity contribution in [2.45, 2.75) is 6.92 Å². The van der Waals surface area contributed by atoms with Crippen molar-refractivity contribution in [2.75, 3.05) is 25.5 Å². The van der Waals surface area contributed by atoms with Gasteiger partial charge in [-0.05, 0) is 19.1 Å². The highest BCUT2D eigenvalue weighted by Crippen LogP contribution is 2.28. The van der Waals surface area contributed by atoms with Crippen molar-refractivity contribution in [1.29, 1.82) is 0 Å². The number of esters is 2. The molecule has 0 atom stereocenters. The summed E-state index contributed by atoms with van der Waals surface area (Å²) in [7, 11) is 0. The Morgan fingerprint density at radius 3 is 2.95 bits per heavy atom. The molecule has 1 aromatic heterocycles. The van der Waals surface area contributed by atoms with Gasteiger partial charge in [-0.1, -0.05) is 11.8 Å². The SMILES string of the molecule is CCOC(=O)/C=C1/SCC(=O)N1CCOC(=O)c1ccco1. The molecule has 0 spiro atoms. The molecule has 22 heavy (non-hydrogen) atoms. The second-order valence-corrected chi connectivity index (χ2v) is 5.18. The summed E-state index contributed by atoms with van der Waals surface area (Å²) in [6.45, 7) is 2.15. The van der Waals surface area contributed by atoms with Gasteiger partial charge in [0.2, 0.25) is 11.7 Å². The van der Waals surface area contributed by atoms with Gasteiger partial charge < -0.3 is 18.8 Å². The molecule has 0 radical (unpaired) electrons. The van der Waals surface area contributed by atoms with Crippen molar-refractivity contribution in [3.8, 4) is 0 Å². The van der Waals surface area contributed by atoms with Gasteiger partial charge in [-0.25, -0.2) is 9.59 Å². The maximum Gasteiger partial charge on any atom is 0.374 e. The van der Waals surface area contributed by atoms with Gasteiger partial charge in [-0.15, -0.1) is 0 Å². The highest BCUT2D eigenvalue weighted by Gasteiger charge is 2.27. The number of furan rings is 1. The molecule has 0 aliphatic carbocycles. The van der Waals surface area contributed by atoms with E-state index in [9.17, 15) is 14.4 Å². The maximum absolute atomic E-state index is 11.8. The zero-order valence-corrected chi connectivity index (χ0v) is 12.8. The van der Waals surface area contributed by atoms with Gasteiger partial charge >= 0.3 is 11.9 Å². The van der Waals surface area contributed by atoms with Crippen LogP contribution in [0.15, 0.2) is 33.9 Å². The fourth-order valence-electron chi connectivity index (χ4n) is 1.75. The van der Waals surface area contributed by atoms with E-state index in [1.54, 1.807) is 13.0 Å². The largest absolute Gasteiger partial charge is 0.463 e. The molecule has 0 aromatic carbocycles. The van der Waals surface area contributed by atoms with Crippen molar-refractivity contribution >= 4 is 29.6 Å². The number of carbonyl (C=O) groups excluding carboxylic acids is 3. The Morgan fingerprint density at radius 2 is 2.27 bits per heavy atom. The van der Waals surface area contributed by atoms with E-state index in [0.717, 1.165) is 0 Å². The zero-order chi connectivity index (χ0) is 15.9. The van der Waals surface area contributed by atoms with E-state index in [0.29, 0.717) is 5.03 Å². The standard InChI is InChI=1S/C14H15NO6S/c1-2-19-13(17)8-12-15(11(16)9-22-12)5-7-21-14(18)10-4-3-6-20-10/h3-4,6,8H,2,5,7,9H2,1H3/b12-8+. The minimum Gasteiger partial charge on any atom is -0.463 e. The first-order valence-electron chi connectivity index (χ1n) is 6.64. The molecule has 1 fully saturated rings. The summed E-state index contributed by atoms with van der Waals surface area (Å²) in [4.78, 5) is 36.2. The Balaban J connectivity index is 1.88. The number of hydrogen-bond donors (Lipinski definition) is 0. The lowest BCUT2D eigenvalue weighted by atomic mass is 10.4. The van der Waals surface area contributed by atoms with Gasteiger partial charge in [0.25, 0.3) is 0 Å². The number of hydrogen-bond acceptors (Lipinski definition) is 7. The van der Waals surface area contributed by atoms with Crippen LogP contribution in [0.5, 0.6) is 0 Å². The van der Waals surface area contributed by atoms with Crippen LogP contribution in [0.3, 0.4) is 0 Å². The second-order valence-electron chi connectivity index (χ2n) is 4.18. The summed E-state index contributed by atoms with van der Waals surface area (Å²) < 4.78 is 14.7. The lowest BCUT2D eigenvalue weighted by Gasteiger charge is -2.16. The van der Waals surface area contributed by atoms with Crippen molar-refractivity contribution in [2.24, 2.45) is 0 Å². The molecule has 0 unspecified atom stereocenters. The average Bonchev–Trinajstić information content (AvgIpc) is 3.12. The first-order valence-corrected chi connectivity index (χ1v) is 7.62. The average molecular weight is 325 g/mol. The van der Waals surface area contributed by atoms with Crippen molar-refractivity contribution in [1.82, 2.24) is 4.90 Å². The predicted octanol–water partition coefficient (Wildman–Crippen LogP) is 1.42. The Bertz CT molecular complexity index is 580. The van der Waals surface area contributed by atoms with E-state index < -0.39 is 11.9 Å². The third kappa shape index (κ3) is 4.14. The summed E-state index contributed by atoms with van der Waals surface area (Å²) in [6, 6.07) is 3.07. The third-order valence-electron chi connectivity index (χ3n) is 2.71. The van der Waals surface area contributed by atoms with E-state index in [1.807, 2.05) is 0 Å². The topological polar surface area (TPSA) is 86.0 Å². The zero-order valence-electron chi connectivity index (χ0n) is 11.9. The molecule has 0 N–H and O–H groups in total. The molecule has 1 aromatic rings. The fraction of sp³-hybridized carbons (Fsp3) is 0.357. The molecular formula is C14H15NO6S. The molecule has 1 saturated heterocycles. The monoisotopic (exact) mass is 325 g/mol. The van der Waals surface area contributed by atoms with Crippen LogP contribution in [0, 0.1) is 0 Å². The van der Waals surface area contributed by atoms with Crippen LogP contribution >= 0.6 is 11.8 Å². The van der Waals surface area contributed by atoms with Gasteiger partial charge in [-0.3, -0.25) is 4.79 Å². The van der Waals surface area contributed by atoms with Gasteiger partial charge in [0.1, 0.15) is 6.61 Å². The lowest BCUT2D eigenvalue weighted by Crippen LogP contribution is -2.29. The first kappa shape index (κ1) is 16.2. The van der Waals surface area contributed by atoms with Crippen molar-refractivity contribution in [3.05, 3.63) is 35.3 Å². The number of thioether (sulfide) groups is 1. The van der Waals surface area contributed by atoms with E-state index in [4.69, 9.17) is 13.9 Å². The van der Waals surface area contributed by atoms with E-state index >= 15 is 0 Å². The van der Waals surface area contributed by atoms with E-state index in [2.05, 4.69) is 0 Å². The van der Waals surface area contributed by atoms with Crippen LogP contribution in [0.4, 0.5) is 0 Å². The molecule has 118 valence electrons. The highest BCUT2D eigenvalue weighted by atomic mass is 32.2. The normalized spacial score (nSPS) is 16.1. The quantitative estimate of drug-likeness (QED) is 0.577.